The van der Waals surface area contributed by atoms with Gasteiger partial charge in [0.2, 0.25) is 0 Å². The number of rotatable bonds is 6. The molecule has 0 saturated heterocycles. The first-order valence-electron chi connectivity index (χ1n) is 5.34. The van der Waals surface area contributed by atoms with Gasteiger partial charge >= 0.3 is 5.97 Å². The topological polar surface area (TPSA) is 49.3 Å². The Hall–Kier alpha value is -1.06. The molecule has 0 bridgehead atoms. The van der Waals surface area contributed by atoms with Crippen LogP contribution in [0.5, 0.6) is 0 Å². The van der Waals surface area contributed by atoms with Gasteiger partial charge in [0.05, 0.1) is 0 Å². The average Bonchev–Trinajstić information content (AvgIpc) is 2.26. The van der Waals surface area contributed by atoms with Crippen molar-refractivity contribution in [2.24, 2.45) is 0 Å². The molecule has 3 nitrogen and oxygen atoms in total. The summed E-state index contributed by atoms with van der Waals surface area (Å²) in [5.41, 5.74) is 1.03. The van der Waals surface area contributed by atoms with Gasteiger partial charge in [0.25, 0.3) is 0 Å². The Kier molecular flexibility index (Phi) is 5.29. The van der Waals surface area contributed by atoms with Crippen LogP contribution in [0.2, 0.25) is 5.02 Å². The van der Waals surface area contributed by atoms with Crippen LogP contribution in [0.1, 0.15) is 25.3 Å². The molecule has 0 aromatic heterocycles. The first kappa shape index (κ1) is 13.0. The van der Waals surface area contributed by atoms with Gasteiger partial charge < -0.3 is 10.4 Å². The van der Waals surface area contributed by atoms with Crippen LogP contribution >= 0.6 is 11.6 Å². The van der Waals surface area contributed by atoms with Crippen LogP contribution < -0.4 is 5.32 Å². The van der Waals surface area contributed by atoms with E-state index in [2.05, 4.69) is 5.32 Å². The Morgan fingerprint density at radius 3 is 2.56 bits per heavy atom. The second-order valence-electron chi connectivity index (χ2n) is 3.69. The lowest BCUT2D eigenvalue weighted by atomic mass is 10.1. The van der Waals surface area contributed by atoms with E-state index in [9.17, 15) is 4.79 Å². The summed E-state index contributed by atoms with van der Waals surface area (Å²) in [6.07, 6.45) is 1.49. The van der Waals surface area contributed by atoms with Crippen molar-refractivity contribution in [1.82, 2.24) is 5.32 Å². The predicted molar refractivity (Wildman–Crippen MR) is 64.6 cm³/mol. The molecule has 0 aliphatic carbocycles. The summed E-state index contributed by atoms with van der Waals surface area (Å²) >= 11 is 5.76. The molecule has 0 radical (unpaired) electrons. The van der Waals surface area contributed by atoms with Gasteiger partial charge in [-0.05, 0) is 24.1 Å². The van der Waals surface area contributed by atoms with E-state index >= 15 is 0 Å². The molecule has 1 aromatic rings. The van der Waals surface area contributed by atoms with Crippen molar-refractivity contribution >= 4 is 17.6 Å². The van der Waals surface area contributed by atoms with E-state index in [4.69, 9.17) is 16.7 Å². The molecular formula is C12H16ClNO2. The Bertz CT molecular complexity index is 337. The predicted octanol–water partition coefficient (Wildman–Crippen LogP) is 2.68. The molecule has 1 atom stereocenters. The number of benzene rings is 1. The maximum Gasteiger partial charge on any atom is 0.320 e. The lowest BCUT2D eigenvalue weighted by Gasteiger charge is -2.13. The van der Waals surface area contributed by atoms with E-state index in [1.165, 1.54) is 0 Å². The maximum absolute atomic E-state index is 10.9. The third-order valence-electron chi connectivity index (χ3n) is 2.34. The van der Waals surface area contributed by atoms with Crippen molar-refractivity contribution in [1.29, 1.82) is 0 Å². The fourth-order valence-electron chi connectivity index (χ4n) is 1.44. The lowest BCUT2D eigenvalue weighted by molar-refractivity contribution is -0.139. The summed E-state index contributed by atoms with van der Waals surface area (Å²) in [6.45, 7) is 2.52. The highest BCUT2D eigenvalue weighted by molar-refractivity contribution is 6.30. The van der Waals surface area contributed by atoms with Crippen LogP contribution in [0.3, 0.4) is 0 Å². The van der Waals surface area contributed by atoms with E-state index in [0.717, 1.165) is 12.0 Å². The van der Waals surface area contributed by atoms with E-state index in [1.807, 2.05) is 19.1 Å². The lowest BCUT2D eigenvalue weighted by Crippen LogP contribution is -2.35. The molecule has 1 aromatic carbocycles. The molecule has 0 aliphatic rings. The fourth-order valence-corrected chi connectivity index (χ4v) is 1.57. The number of carboxylic acid groups (broad SMARTS) is 1. The monoisotopic (exact) mass is 241 g/mol. The van der Waals surface area contributed by atoms with Gasteiger partial charge in [-0.25, -0.2) is 0 Å². The zero-order valence-corrected chi connectivity index (χ0v) is 10.00. The molecule has 0 aliphatic heterocycles. The van der Waals surface area contributed by atoms with E-state index in [0.29, 0.717) is 18.0 Å². The standard InChI is InChI=1S/C12H16ClNO2/c1-2-3-11(12(15)16)14-8-9-4-6-10(13)7-5-9/h4-7,11,14H,2-3,8H2,1H3,(H,15,16). The van der Waals surface area contributed by atoms with Gasteiger partial charge in [0.1, 0.15) is 6.04 Å². The van der Waals surface area contributed by atoms with Crippen LogP contribution in [0.4, 0.5) is 0 Å². The number of nitrogens with one attached hydrogen (secondary N) is 1. The van der Waals surface area contributed by atoms with Gasteiger partial charge in [-0.2, -0.15) is 0 Å². The van der Waals surface area contributed by atoms with Gasteiger partial charge in [-0.3, -0.25) is 4.79 Å². The number of carboxylic acids is 1. The van der Waals surface area contributed by atoms with Crippen LogP contribution in [0.15, 0.2) is 24.3 Å². The number of carbonyl (C=O) groups is 1. The van der Waals surface area contributed by atoms with E-state index in [-0.39, 0.29) is 0 Å². The third-order valence-corrected chi connectivity index (χ3v) is 2.59. The smallest absolute Gasteiger partial charge is 0.320 e. The van der Waals surface area contributed by atoms with Gasteiger partial charge in [-0.1, -0.05) is 37.1 Å². The molecule has 88 valence electrons. The van der Waals surface area contributed by atoms with Crippen molar-refractivity contribution in [3.8, 4) is 0 Å². The Morgan fingerprint density at radius 2 is 2.06 bits per heavy atom. The van der Waals surface area contributed by atoms with Crippen molar-refractivity contribution < 1.29 is 9.90 Å². The van der Waals surface area contributed by atoms with Crippen LogP contribution in [-0.4, -0.2) is 17.1 Å². The Morgan fingerprint density at radius 1 is 1.44 bits per heavy atom. The van der Waals surface area contributed by atoms with Gasteiger partial charge in [0.15, 0.2) is 0 Å². The van der Waals surface area contributed by atoms with Crippen LogP contribution in [-0.2, 0) is 11.3 Å². The second-order valence-corrected chi connectivity index (χ2v) is 4.12. The number of aliphatic carboxylic acids is 1. The fraction of sp³-hybridized carbons (Fsp3) is 0.417. The minimum absolute atomic E-state index is 0.472. The maximum atomic E-state index is 10.9. The number of hydrogen-bond acceptors (Lipinski definition) is 2. The van der Waals surface area contributed by atoms with Crippen LogP contribution in [0.25, 0.3) is 0 Å². The summed E-state index contributed by atoms with van der Waals surface area (Å²) in [6, 6.07) is 6.91. The summed E-state index contributed by atoms with van der Waals surface area (Å²) in [7, 11) is 0. The van der Waals surface area contributed by atoms with Crippen molar-refractivity contribution in [3.05, 3.63) is 34.9 Å². The summed E-state index contributed by atoms with van der Waals surface area (Å²) in [4.78, 5) is 10.9. The molecule has 1 rings (SSSR count). The molecule has 16 heavy (non-hydrogen) atoms. The molecule has 0 fully saturated rings. The SMILES string of the molecule is CCCC(NCc1ccc(Cl)cc1)C(=O)O. The summed E-state index contributed by atoms with van der Waals surface area (Å²) in [5.74, 6) is -0.796. The third kappa shape index (κ3) is 4.21. The zero-order valence-electron chi connectivity index (χ0n) is 9.24. The van der Waals surface area contributed by atoms with Gasteiger partial charge in [0, 0.05) is 11.6 Å². The minimum atomic E-state index is -0.796. The molecule has 0 saturated carbocycles. The number of hydrogen-bond donors (Lipinski definition) is 2. The van der Waals surface area contributed by atoms with Crippen molar-refractivity contribution in [3.63, 3.8) is 0 Å². The van der Waals surface area contributed by atoms with Crippen LogP contribution in [0, 0.1) is 0 Å². The quantitative estimate of drug-likeness (QED) is 0.805. The highest BCUT2D eigenvalue weighted by atomic mass is 35.5. The molecule has 0 spiro atoms. The summed E-state index contributed by atoms with van der Waals surface area (Å²) in [5, 5.41) is 12.6. The summed E-state index contributed by atoms with van der Waals surface area (Å²) < 4.78 is 0. The molecule has 0 heterocycles. The molecule has 0 amide bonds. The molecule has 2 N–H and O–H groups in total. The largest absolute Gasteiger partial charge is 0.480 e. The number of halogens is 1. The molecular weight excluding hydrogens is 226 g/mol. The highest BCUT2D eigenvalue weighted by Crippen LogP contribution is 2.09. The van der Waals surface area contributed by atoms with Crippen molar-refractivity contribution in [2.75, 3.05) is 0 Å². The second kappa shape index (κ2) is 6.51. The zero-order chi connectivity index (χ0) is 12.0. The van der Waals surface area contributed by atoms with E-state index < -0.39 is 12.0 Å². The first-order chi connectivity index (χ1) is 7.63. The first-order valence-corrected chi connectivity index (χ1v) is 5.72. The van der Waals surface area contributed by atoms with Crippen molar-refractivity contribution in [2.45, 2.75) is 32.4 Å². The minimum Gasteiger partial charge on any atom is -0.480 e. The Balaban J connectivity index is 2.48. The normalized spacial score (nSPS) is 12.4. The molecule has 1 unspecified atom stereocenters. The van der Waals surface area contributed by atoms with E-state index in [1.54, 1.807) is 12.1 Å². The highest BCUT2D eigenvalue weighted by Gasteiger charge is 2.14. The Labute approximate surface area is 100 Å². The van der Waals surface area contributed by atoms with Gasteiger partial charge in [-0.15, -0.1) is 0 Å². The average molecular weight is 242 g/mol. The molecule has 4 heteroatoms.